The number of para-hydroxylation sites is 2. The Labute approximate surface area is 208 Å². The van der Waals surface area contributed by atoms with Gasteiger partial charge < -0.3 is 14.5 Å². The quantitative estimate of drug-likeness (QED) is 0.260. The van der Waals surface area contributed by atoms with Crippen LogP contribution in [0.5, 0.6) is 5.75 Å². The molecule has 0 N–H and O–H groups in total. The monoisotopic (exact) mass is 491 g/mol. The van der Waals surface area contributed by atoms with Crippen molar-refractivity contribution in [1.29, 1.82) is 0 Å². The third-order valence-electron chi connectivity index (χ3n) is 6.10. The normalized spacial score (nSPS) is 11.3. The molecule has 0 spiro atoms. The molecule has 2 aromatic heterocycles. The first kappa shape index (κ1) is 24.9. The number of ether oxygens (including phenoxy) is 1. The van der Waals surface area contributed by atoms with Crippen LogP contribution >= 0.6 is 0 Å². The van der Waals surface area contributed by atoms with Gasteiger partial charge in [-0.25, -0.2) is 19.3 Å². The maximum absolute atomic E-state index is 12.9. The first-order chi connectivity index (χ1) is 17.2. The van der Waals surface area contributed by atoms with Crippen LogP contribution in [0.2, 0.25) is 0 Å². The fourth-order valence-corrected chi connectivity index (χ4v) is 4.13. The van der Waals surface area contributed by atoms with E-state index in [9.17, 15) is 14.9 Å². The summed E-state index contributed by atoms with van der Waals surface area (Å²) in [6.07, 6.45) is 1.77. The van der Waals surface area contributed by atoms with Gasteiger partial charge in [-0.15, -0.1) is 0 Å². The SMILES string of the molecule is COc1cc(N(C)CCN(C)C)c([N+](=O)[O-])cc1Cc1nccc(-n2c(=O)n(C)c3ccccc32)n1. The minimum absolute atomic E-state index is 0.0199. The van der Waals surface area contributed by atoms with Crippen LogP contribution < -0.4 is 15.3 Å². The number of nitrogens with zero attached hydrogens (tertiary/aromatic N) is 7. The fourth-order valence-electron chi connectivity index (χ4n) is 4.13. The summed E-state index contributed by atoms with van der Waals surface area (Å²) in [5.41, 5.74) is 2.32. The molecule has 0 aliphatic rings. The highest BCUT2D eigenvalue weighted by atomic mass is 16.6. The van der Waals surface area contributed by atoms with Gasteiger partial charge in [0.1, 0.15) is 23.1 Å². The smallest absolute Gasteiger partial charge is 0.334 e. The molecule has 0 unspecified atom stereocenters. The summed E-state index contributed by atoms with van der Waals surface area (Å²) in [7, 11) is 8.96. The Bertz CT molecular complexity index is 1480. The van der Waals surface area contributed by atoms with Crippen molar-refractivity contribution in [2.75, 3.05) is 46.2 Å². The lowest BCUT2D eigenvalue weighted by Gasteiger charge is -2.22. The minimum atomic E-state index is -0.391. The molecule has 0 aliphatic carbocycles. The molecule has 0 radical (unpaired) electrons. The molecular weight excluding hydrogens is 462 g/mol. The number of methoxy groups -OCH3 is 1. The van der Waals surface area contributed by atoms with Gasteiger partial charge in [0, 0.05) is 57.5 Å². The Morgan fingerprint density at radius 3 is 2.47 bits per heavy atom. The summed E-state index contributed by atoms with van der Waals surface area (Å²) in [4.78, 5) is 37.3. The molecule has 0 saturated carbocycles. The number of aromatic nitrogens is 4. The van der Waals surface area contributed by atoms with Crippen LogP contribution in [-0.4, -0.2) is 70.3 Å². The average Bonchev–Trinajstić information content (AvgIpc) is 3.12. The molecule has 36 heavy (non-hydrogen) atoms. The van der Waals surface area contributed by atoms with E-state index in [1.165, 1.54) is 17.7 Å². The van der Waals surface area contributed by atoms with E-state index in [0.29, 0.717) is 35.2 Å². The molecule has 4 rings (SSSR count). The number of hydrogen-bond acceptors (Lipinski definition) is 8. The van der Waals surface area contributed by atoms with Gasteiger partial charge in [-0.3, -0.25) is 14.7 Å². The van der Waals surface area contributed by atoms with Gasteiger partial charge in [0.2, 0.25) is 0 Å². The average molecular weight is 492 g/mol. The lowest BCUT2D eigenvalue weighted by molar-refractivity contribution is -0.384. The van der Waals surface area contributed by atoms with Gasteiger partial charge in [0.25, 0.3) is 5.69 Å². The number of fused-ring (bicyclic) bond motifs is 1. The zero-order valence-corrected chi connectivity index (χ0v) is 21.0. The predicted molar refractivity (Wildman–Crippen MR) is 138 cm³/mol. The summed E-state index contributed by atoms with van der Waals surface area (Å²) >= 11 is 0. The first-order valence-electron chi connectivity index (χ1n) is 11.4. The number of rotatable bonds is 9. The molecular formula is C25H29N7O4. The van der Waals surface area contributed by atoms with Crippen LogP contribution in [0, 0.1) is 10.1 Å². The van der Waals surface area contributed by atoms with Crippen molar-refractivity contribution in [2.24, 2.45) is 7.05 Å². The molecule has 4 aromatic rings. The number of likely N-dealkylation sites (N-methyl/N-ethyl adjacent to an activating group) is 2. The highest BCUT2D eigenvalue weighted by molar-refractivity contribution is 5.77. The number of nitro groups is 1. The van der Waals surface area contributed by atoms with E-state index < -0.39 is 4.92 Å². The number of benzene rings is 2. The topological polar surface area (TPSA) is 112 Å². The van der Waals surface area contributed by atoms with Crippen LogP contribution in [-0.2, 0) is 13.5 Å². The van der Waals surface area contributed by atoms with E-state index in [0.717, 1.165) is 17.6 Å². The van der Waals surface area contributed by atoms with Crippen molar-refractivity contribution >= 4 is 22.4 Å². The number of imidazole rings is 1. The van der Waals surface area contributed by atoms with Crippen LogP contribution in [0.3, 0.4) is 0 Å². The Balaban J connectivity index is 1.73. The van der Waals surface area contributed by atoms with Gasteiger partial charge in [-0.1, -0.05) is 12.1 Å². The largest absolute Gasteiger partial charge is 0.496 e. The van der Waals surface area contributed by atoms with E-state index in [1.807, 2.05) is 55.2 Å². The maximum atomic E-state index is 12.9. The molecule has 2 heterocycles. The zero-order valence-electron chi connectivity index (χ0n) is 21.0. The van der Waals surface area contributed by atoms with Crippen LogP contribution in [0.1, 0.15) is 11.4 Å². The second-order valence-electron chi connectivity index (χ2n) is 8.81. The lowest BCUT2D eigenvalue weighted by Crippen LogP contribution is -2.29. The number of anilines is 1. The van der Waals surface area contributed by atoms with Gasteiger partial charge in [0.05, 0.1) is 23.1 Å². The summed E-state index contributed by atoms with van der Waals surface area (Å²) in [5, 5.41) is 11.9. The fraction of sp³-hybridized carbons (Fsp3) is 0.320. The molecule has 2 aromatic carbocycles. The molecule has 0 fully saturated rings. The highest BCUT2D eigenvalue weighted by Crippen LogP contribution is 2.35. The Hall–Kier alpha value is -4.25. The zero-order chi connectivity index (χ0) is 26.0. The molecule has 0 saturated heterocycles. The molecule has 11 nitrogen and oxygen atoms in total. The van der Waals surface area contributed by atoms with Crippen LogP contribution in [0.4, 0.5) is 11.4 Å². The van der Waals surface area contributed by atoms with Crippen LogP contribution in [0.15, 0.2) is 53.5 Å². The van der Waals surface area contributed by atoms with E-state index in [-0.39, 0.29) is 17.8 Å². The molecule has 0 atom stereocenters. The first-order valence-corrected chi connectivity index (χ1v) is 11.4. The molecule has 0 aliphatic heterocycles. The molecule has 11 heteroatoms. The van der Waals surface area contributed by atoms with Crippen molar-refractivity contribution in [3.05, 3.63) is 80.6 Å². The maximum Gasteiger partial charge on any atom is 0.334 e. The minimum Gasteiger partial charge on any atom is -0.496 e. The van der Waals surface area contributed by atoms with Crippen molar-refractivity contribution in [3.8, 4) is 11.6 Å². The second-order valence-corrected chi connectivity index (χ2v) is 8.81. The standard InChI is InChI=1S/C25H29N7O4/c1-28(2)12-13-29(3)20-16-22(36-5)17(14-21(20)32(34)35)15-23-26-11-10-24(27-23)31-19-9-7-6-8-18(19)30(4)25(31)33/h6-11,14,16H,12-13,15H2,1-5H3. The van der Waals surface area contributed by atoms with E-state index in [4.69, 9.17) is 4.74 Å². The van der Waals surface area contributed by atoms with Gasteiger partial charge in [0.15, 0.2) is 0 Å². The van der Waals surface area contributed by atoms with E-state index in [2.05, 4.69) is 9.97 Å². The third kappa shape index (κ3) is 4.78. The van der Waals surface area contributed by atoms with Crippen molar-refractivity contribution < 1.29 is 9.66 Å². The van der Waals surface area contributed by atoms with Crippen molar-refractivity contribution in [2.45, 2.75) is 6.42 Å². The van der Waals surface area contributed by atoms with E-state index >= 15 is 0 Å². The molecule has 188 valence electrons. The highest BCUT2D eigenvalue weighted by Gasteiger charge is 2.23. The van der Waals surface area contributed by atoms with Crippen molar-refractivity contribution in [3.63, 3.8) is 0 Å². The van der Waals surface area contributed by atoms with Gasteiger partial charge >= 0.3 is 5.69 Å². The Morgan fingerprint density at radius 1 is 1.08 bits per heavy atom. The summed E-state index contributed by atoms with van der Waals surface area (Å²) in [6.45, 7) is 1.35. The lowest BCUT2D eigenvalue weighted by atomic mass is 10.1. The van der Waals surface area contributed by atoms with Gasteiger partial charge in [-0.2, -0.15) is 0 Å². The predicted octanol–water partition coefficient (Wildman–Crippen LogP) is 2.62. The van der Waals surface area contributed by atoms with Crippen LogP contribution in [0.25, 0.3) is 16.9 Å². The van der Waals surface area contributed by atoms with E-state index in [1.54, 1.807) is 29.9 Å². The van der Waals surface area contributed by atoms with Gasteiger partial charge in [-0.05, 0) is 32.3 Å². The number of aryl methyl sites for hydroxylation is 1. The molecule has 0 bridgehead atoms. The number of nitro benzene ring substituents is 1. The summed E-state index contributed by atoms with van der Waals surface area (Å²) in [6, 6.07) is 12.3. The Kier molecular flexibility index (Phi) is 7.02. The number of hydrogen-bond donors (Lipinski definition) is 0. The summed E-state index contributed by atoms with van der Waals surface area (Å²) in [5.74, 6) is 1.34. The van der Waals surface area contributed by atoms with Crippen molar-refractivity contribution in [1.82, 2.24) is 24.0 Å². The Morgan fingerprint density at radius 2 is 1.81 bits per heavy atom. The second kappa shape index (κ2) is 10.2. The molecule has 0 amide bonds. The summed E-state index contributed by atoms with van der Waals surface area (Å²) < 4.78 is 8.69. The third-order valence-corrected chi connectivity index (χ3v) is 6.10.